The van der Waals surface area contributed by atoms with Gasteiger partial charge in [0.1, 0.15) is 11.4 Å². The van der Waals surface area contributed by atoms with E-state index in [-0.39, 0.29) is 11.4 Å². The van der Waals surface area contributed by atoms with Crippen molar-refractivity contribution in [3.8, 4) is 22.8 Å². The van der Waals surface area contributed by atoms with Crippen molar-refractivity contribution >= 4 is 17.7 Å². The van der Waals surface area contributed by atoms with Crippen molar-refractivity contribution in [1.29, 1.82) is 0 Å². The highest BCUT2D eigenvalue weighted by Crippen LogP contribution is 2.24. The molecule has 1 N–H and O–H groups in total. The van der Waals surface area contributed by atoms with Gasteiger partial charge in [-0.15, -0.1) is 0 Å². The fourth-order valence-electron chi connectivity index (χ4n) is 3.17. The maximum atomic E-state index is 12.6. The Kier molecular flexibility index (Phi) is 6.75. The van der Waals surface area contributed by atoms with Gasteiger partial charge >= 0.3 is 5.97 Å². The second-order valence-corrected chi connectivity index (χ2v) is 6.94. The van der Waals surface area contributed by atoms with Crippen LogP contribution in [-0.2, 0) is 9.53 Å². The van der Waals surface area contributed by atoms with Gasteiger partial charge < -0.3 is 14.8 Å². The molecule has 2 aromatic carbocycles. The van der Waals surface area contributed by atoms with E-state index in [1.54, 1.807) is 23.7 Å². The van der Waals surface area contributed by atoms with Crippen molar-refractivity contribution in [2.24, 2.45) is 0 Å². The second-order valence-electron chi connectivity index (χ2n) is 6.94. The number of benzene rings is 2. The smallest absolute Gasteiger partial charge is 0.344 e. The summed E-state index contributed by atoms with van der Waals surface area (Å²) in [6.07, 6.45) is 1.52. The Labute approximate surface area is 190 Å². The van der Waals surface area contributed by atoms with E-state index in [2.05, 4.69) is 15.4 Å². The average molecular weight is 442 g/mol. The topological polar surface area (TPSA) is 95.3 Å². The summed E-state index contributed by atoms with van der Waals surface area (Å²) in [5.74, 6) is -0.567. The van der Waals surface area contributed by atoms with Crippen LogP contribution in [0.2, 0.25) is 0 Å². The van der Waals surface area contributed by atoms with E-state index < -0.39 is 18.5 Å². The maximum absolute atomic E-state index is 12.6. The van der Waals surface area contributed by atoms with Gasteiger partial charge in [0.2, 0.25) is 5.88 Å². The fourth-order valence-corrected chi connectivity index (χ4v) is 3.17. The molecule has 0 aliphatic heterocycles. The molecule has 0 bridgehead atoms. The summed E-state index contributed by atoms with van der Waals surface area (Å²) < 4.78 is 12.2. The number of carbonyl (C=O) groups excluding carboxylic acids is 2. The zero-order chi connectivity index (χ0) is 23.0. The first-order valence-corrected chi connectivity index (χ1v) is 10.4. The number of carbonyl (C=O) groups is 2. The molecule has 2 heterocycles. The van der Waals surface area contributed by atoms with E-state index in [0.717, 1.165) is 11.3 Å². The minimum Gasteiger partial charge on any atom is -0.477 e. The first-order valence-electron chi connectivity index (χ1n) is 10.4. The molecule has 166 valence electrons. The van der Waals surface area contributed by atoms with Gasteiger partial charge in [0, 0.05) is 17.8 Å². The number of amides is 1. The standard InChI is InChI=1S/C25H22N4O4/c1-2-32-24-20(14-9-15-26-24)25(31)33-17-23(30)27-22-16-21(18-10-5-3-6-11-18)28-29(22)19-12-7-4-8-13-19/h3-16H,2,17H2,1H3,(H,27,30). The van der Waals surface area contributed by atoms with Gasteiger partial charge in [0.15, 0.2) is 6.61 Å². The van der Waals surface area contributed by atoms with Crippen LogP contribution < -0.4 is 10.1 Å². The summed E-state index contributed by atoms with van der Waals surface area (Å²) in [5.41, 5.74) is 2.55. The number of aromatic nitrogens is 3. The third-order valence-corrected chi connectivity index (χ3v) is 4.65. The fraction of sp³-hybridized carbons (Fsp3) is 0.120. The first kappa shape index (κ1) is 21.8. The Morgan fingerprint density at radius 1 is 0.970 bits per heavy atom. The molecule has 1 amide bonds. The number of nitrogens with one attached hydrogen (secondary N) is 1. The van der Waals surface area contributed by atoms with Gasteiger partial charge in [-0.1, -0.05) is 48.5 Å². The molecule has 0 spiro atoms. The zero-order valence-electron chi connectivity index (χ0n) is 18.0. The predicted molar refractivity (Wildman–Crippen MR) is 123 cm³/mol. The summed E-state index contributed by atoms with van der Waals surface area (Å²) in [6.45, 7) is 1.67. The van der Waals surface area contributed by atoms with Gasteiger partial charge in [0.25, 0.3) is 5.91 Å². The Bertz CT molecular complexity index is 1240. The molecule has 4 rings (SSSR count). The number of ether oxygens (including phenoxy) is 2. The number of pyridine rings is 1. The lowest BCUT2D eigenvalue weighted by Crippen LogP contribution is -2.22. The summed E-state index contributed by atoms with van der Waals surface area (Å²) in [7, 11) is 0. The monoisotopic (exact) mass is 442 g/mol. The number of esters is 1. The molecule has 8 nitrogen and oxygen atoms in total. The number of para-hydroxylation sites is 1. The van der Waals surface area contributed by atoms with Crippen LogP contribution >= 0.6 is 0 Å². The number of hydrogen-bond acceptors (Lipinski definition) is 6. The minimum absolute atomic E-state index is 0.160. The third kappa shape index (κ3) is 5.24. The highest BCUT2D eigenvalue weighted by Gasteiger charge is 2.18. The molecule has 0 unspecified atom stereocenters. The Balaban J connectivity index is 1.51. The SMILES string of the molecule is CCOc1ncccc1C(=O)OCC(=O)Nc1cc(-c2ccccc2)nn1-c1ccccc1. The normalized spacial score (nSPS) is 10.5. The lowest BCUT2D eigenvalue weighted by molar-refractivity contribution is -0.119. The van der Waals surface area contributed by atoms with Crippen molar-refractivity contribution in [1.82, 2.24) is 14.8 Å². The van der Waals surface area contributed by atoms with Crippen LogP contribution in [0.3, 0.4) is 0 Å². The quantitative estimate of drug-likeness (QED) is 0.412. The van der Waals surface area contributed by atoms with Crippen LogP contribution in [0.15, 0.2) is 85.1 Å². The first-order chi connectivity index (χ1) is 16.2. The van der Waals surface area contributed by atoms with Crippen molar-refractivity contribution in [2.75, 3.05) is 18.5 Å². The molecule has 0 aliphatic rings. The van der Waals surface area contributed by atoms with E-state index in [0.29, 0.717) is 18.1 Å². The molecule has 0 saturated carbocycles. The van der Waals surface area contributed by atoms with Gasteiger partial charge in [-0.05, 0) is 31.2 Å². The second kappa shape index (κ2) is 10.2. The molecule has 0 radical (unpaired) electrons. The zero-order valence-corrected chi connectivity index (χ0v) is 18.0. The number of rotatable bonds is 8. The maximum Gasteiger partial charge on any atom is 0.344 e. The van der Waals surface area contributed by atoms with Crippen molar-refractivity contribution < 1.29 is 19.1 Å². The van der Waals surface area contributed by atoms with Crippen molar-refractivity contribution in [3.05, 3.63) is 90.6 Å². The van der Waals surface area contributed by atoms with Gasteiger partial charge in [-0.25, -0.2) is 14.5 Å². The third-order valence-electron chi connectivity index (χ3n) is 4.65. The van der Waals surface area contributed by atoms with E-state index >= 15 is 0 Å². The molecule has 0 fully saturated rings. The van der Waals surface area contributed by atoms with Gasteiger partial charge in [0.05, 0.1) is 18.0 Å². The molecule has 0 aliphatic carbocycles. The molecule has 0 atom stereocenters. The largest absolute Gasteiger partial charge is 0.477 e. The van der Waals surface area contributed by atoms with Crippen molar-refractivity contribution in [3.63, 3.8) is 0 Å². The number of hydrogen-bond donors (Lipinski definition) is 1. The number of nitrogens with zero attached hydrogens (tertiary/aromatic N) is 3. The average Bonchev–Trinajstić information content (AvgIpc) is 3.28. The van der Waals surface area contributed by atoms with Crippen molar-refractivity contribution in [2.45, 2.75) is 6.92 Å². The molecule has 33 heavy (non-hydrogen) atoms. The van der Waals surface area contributed by atoms with E-state index in [1.165, 1.54) is 12.3 Å². The Hall–Kier alpha value is -4.46. The Morgan fingerprint density at radius 2 is 1.70 bits per heavy atom. The predicted octanol–water partition coefficient (Wildman–Crippen LogP) is 4.13. The van der Waals surface area contributed by atoms with Crippen LogP contribution in [0.4, 0.5) is 5.82 Å². The molecular formula is C25H22N4O4. The lowest BCUT2D eigenvalue weighted by atomic mass is 10.2. The lowest BCUT2D eigenvalue weighted by Gasteiger charge is -2.10. The van der Waals surface area contributed by atoms with E-state index in [4.69, 9.17) is 9.47 Å². The summed E-state index contributed by atoms with van der Waals surface area (Å²) >= 11 is 0. The highest BCUT2D eigenvalue weighted by atomic mass is 16.5. The molecule has 8 heteroatoms. The molecular weight excluding hydrogens is 420 g/mol. The summed E-state index contributed by atoms with van der Waals surface area (Å²) in [5, 5.41) is 7.43. The highest BCUT2D eigenvalue weighted by molar-refractivity contribution is 5.96. The van der Waals surface area contributed by atoms with Crippen LogP contribution in [0.25, 0.3) is 16.9 Å². The molecule has 2 aromatic heterocycles. The molecule has 4 aromatic rings. The molecule has 0 saturated heterocycles. The Morgan fingerprint density at radius 3 is 2.42 bits per heavy atom. The van der Waals surface area contributed by atoms with Gasteiger partial charge in [-0.2, -0.15) is 5.10 Å². The van der Waals surface area contributed by atoms with Crippen LogP contribution in [0, 0.1) is 0 Å². The summed E-state index contributed by atoms with van der Waals surface area (Å²) in [6, 6.07) is 24.0. The van der Waals surface area contributed by atoms with Gasteiger partial charge in [-0.3, -0.25) is 4.79 Å². The van der Waals surface area contributed by atoms with Crippen LogP contribution in [0.5, 0.6) is 5.88 Å². The van der Waals surface area contributed by atoms with Crippen LogP contribution in [0.1, 0.15) is 17.3 Å². The number of anilines is 1. The minimum atomic E-state index is -0.691. The summed E-state index contributed by atoms with van der Waals surface area (Å²) in [4.78, 5) is 29.1. The van der Waals surface area contributed by atoms with E-state index in [1.807, 2.05) is 60.7 Å². The van der Waals surface area contributed by atoms with E-state index in [9.17, 15) is 9.59 Å². The van der Waals surface area contributed by atoms with Crippen LogP contribution in [-0.4, -0.2) is 39.9 Å².